The summed E-state index contributed by atoms with van der Waals surface area (Å²) in [5, 5.41) is 6.31. The Morgan fingerprint density at radius 2 is 1.65 bits per heavy atom. The maximum absolute atomic E-state index is 12.3. The summed E-state index contributed by atoms with van der Waals surface area (Å²) in [5.74, 6) is 0.0305. The molecule has 142 valence electrons. The van der Waals surface area contributed by atoms with Gasteiger partial charge in [-0.2, -0.15) is 0 Å². The van der Waals surface area contributed by atoms with Gasteiger partial charge >= 0.3 is 0 Å². The molecule has 1 aromatic carbocycles. The van der Waals surface area contributed by atoms with E-state index in [4.69, 9.17) is 0 Å². The van der Waals surface area contributed by atoms with Crippen LogP contribution in [0.4, 0.5) is 0 Å². The van der Waals surface area contributed by atoms with Crippen molar-refractivity contribution in [1.29, 1.82) is 0 Å². The minimum absolute atomic E-state index is 0.00657. The van der Waals surface area contributed by atoms with E-state index in [9.17, 15) is 9.59 Å². The van der Waals surface area contributed by atoms with Crippen LogP contribution in [0.25, 0.3) is 0 Å². The Bertz CT molecular complexity index is 629. The van der Waals surface area contributed by atoms with Gasteiger partial charge in [-0.1, -0.05) is 49.9 Å². The summed E-state index contributed by atoms with van der Waals surface area (Å²) in [6.45, 7) is 2.12. The van der Waals surface area contributed by atoms with Crippen molar-refractivity contribution in [3.8, 4) is 0 Å². The van der Waals surface area contributed by atoms with Gasteiger partial charge < -0.3 is 10.6 Å². The number of amides is 2. The van der Waals surface area contributed by atoms with Crippen LogP contribution >= 0.6 is 0 Å². The second kappa shape index (κ2) is 8.70. The van der Waals surface area contributed by atoms with E-state index in [2.05, 4.69) is 35.8 Å². The largest absolute Gasteiger partial charge is 0.353 e. The Kier molecular flexibility index (Phi) is 6.33. The Morgan fingerprint density at radius 1 is 1.00 bits per heavy atom. The van der Waals surface area contributed by atoms with Crippen LogP contribution in [0.3, 0.4) is 0 Å². The fourth-order valence-electron chi connectivity index (χ4n) is 3.98. The Balaban J connectivity index is 1.41. The van der Waals surface area contributed by atoms with Crippen molar-refractivity contribution in [2.24, 2.45) is 0 Å². The van der Waals surface area contributed by atoms with Crippen LogP contribution in [0.5, 0.6) is 0 Å². The van der Waals surface area contributed by atoms with Crippen LogP contribution in [-0.4, -0.2) is 23.4 Å². The smallest absolute Gasteiger partial charge is 0.220 e. The van der Waals surface area contributed by atoms with E-state index >= 15 is 0 Å². The number of benzene rings is 1. The summed E-state index contributed by atoms with van der Waals surface area (Å²) in [6, 6.07) is 8.67. The molecule has 2 fully saturated rings. The minimum Gasteiger partial charge on any atom is -0.353 e. The number of rotatable bonds is 7. The van der Waals surface area contributed by atoms with Crippen LogP contribution < -0.4 is 10.6 Å². The third-order valence-electron chi connectivity index (χ3n) is 5.85. The summed E-state index contributed by atoms with van der Waals surface area (Å²) in [7, 11) is 0. The number of hydrogen-bond donors (Lipinski definition) is 2. The lowest BCUT2D eigenvalue weighted by Crippen LogP contribution is -2.40. The van der Waals surface area contributed by atoms with Crippen molar-refractivity contribution >= 4 is 11.8 Å². The number of aryl methyl sites for hydroxylation is 1. The van der Waals surface area contributed by atoms with Gasteiger partial charge in [0.05, 0.1) is 0 Å². The van der Waals surface area contributed by atoms with Crippen LogP contribution in [0.15, 0.2) is 24.3 Å². The number of nitrogens with one attached hydrogen (secondary N) is 2. The molecule has 0 aromatic heterocycles. The predicted molar refractivity (Wildman–Crippen MR) is 104 cm³/mol. The fraction of sp³-hybridized carbons (Fsp3) is 0.636. The summed E-state index contributed by atoms with van der Waals surface area (Å²) in [5.41, 5.74) is 2.49. The number of hydrogen-bond acceptors (Lipinski definition) is 2. The molecule has 0 aliphatic heterocycles. The van der Waals surface area contributed by atoms with E-state index in [1.807, 2.05) is 6.07 Å². The molecule has 26 heavy (non-hydrogen) atoms. The number of carbonyl (C=O) groups excluding carboxylic acids is 2. The van der Waals surface area contributed by atoms with Gasteiger partial charge in [-0.05, 0) is 50.2 Å². The van der Waals surface area contributed by atoms with Gasteiger partial charge in [0.15, 0.2) is 0 Å². The zero-order valence-corrected chi connectivity index (χ0v) is 16.0. The molecule has 4 heteroatoms. The van der Waals surface area contributed by atoms with E-state index in [0.717, 1.165) is 32.1 Å². The Hall–Kier alpha value is -1.84. The highest BCUT2D eigenvalue weighted by atomic mass is 16.2. The molecule has 0 bridgehead atoms. The molecule has 0 spiro atoms. The Morgan fingerprint density at radius 3 is 2.31 bits per heavy atom. The predicted octanol–water partition coefficient (Wildman–Crippen LogP) is 3.81. The molecule has 0 atom stereocenters. The lowest BCUT2D eigenvalue weighted by atomic mass is 9.99. The average Bonchev–Trinajstić information content (AvgIpc) is 3.40. The second-order valence-corrected chi connectivity index (χ2v) is 8.19. The second-order valence-electron chi connectivity index (χ2n) is 8.19. The molecule has 2 aliphatic rings. The highest BCUT2D eigenvalue weighted by Gasteiger charge is 2.43. The first kappa shape index (κ1) is 18.9. The molecule has 2 aliphatic carbocycles. The molecular formula is C22H32N2O2. The fourth-order valence-corrected chi connectivity index (χ4v) is 3.98. The highest BCUT2D eigenvalue weighted by molar-refractivity contribution is 5.84. The summed E-state index contributed by atoms with van der Waals surface area (Å²) < 4.78 is 0. The zero-order valence-electron chi connectivity index (χ0n) is 16.0. The van der Waals surface area contributed by atoms with Crippen molar-refractivity contribution in [1.82, 2.24) is 10.6 Å². The first-order chi connectivity index (χ1) is 12.6. The SMILES string of the molecule is Cc1ccccc1CC1(NC(=O)CCC(=O)NC2CCCCCC2)CC1. The van der Waals surface area contributed by atoms with Crippen molar-refractivity contribution in [3.63, 3.8) is 0 Å². The third-order valence-corrected chi connectivity index (χ3v) is 5.85. The van der Waals surface area contributed by atoms with Gasteiger partial charge in [0.2, 0.25) is 11.8 Å². The topological polar surface area (TPSA) is 58.2 Å². The minimum atomic E-state index is -0.0824. The van der Waals surface area contributed by atoms with Crippen LogP contribution in [0.2, 0.25) is 0 Å². The molecule has 2 amide bonds. The van der Waals surface area contributed by atoms with Gasteiger partial charge in [0.1, 0.15) is 0 Å². The van der Waals surface area contributed by atoms with Crippen molar-refractivity contribution in [3.05, 3.63) is 35.4 Å². The standard InChI is InChI=1S/C22H32N2O2/c1-17-8-6-7-9-18(17)16-22(14-15-22)24-21(26)13-12-20(25)23-19-10-4-2-3-5-11-19/h6-9,19H,2-5,10-16H2,1H3,(H,23,25)(H,24,26). The van der Waals surface area contributed by atoms with E-state index in [1.54, 1.807) is 0 Å². The molecular weight excluding hydrogens is 324 g/mol. The quantitative estimate of drug-likeness (QED) is 0.730. The summed E-state index contributed by atoms with van der Waals surface area (Å²) in [4.78, 5) is 24.5. The van der Waals surface area contributed by atoms with Gasteiger partial charge in [-0.25, -0.2) is 0 Å². The molecule has 0 unspecified atom stereocenters. The molecule has 2 saturated carbocycles. The molecule has 4 nitrogen and oxygen atoms in total. The molecule has 2 N–H and O–H groups in total. The van der Waals surface area contributed by atoms with E-state index in [-0.39, 0.29) is 23.8 Å². The Labute approximate surface area is 157 Å². The highest BCUT2D eigenvalue weighted by Crippen LogP contribution is 2.39. The zero-order chi connectivity index (χ0) is 18.4. The normalized spacial score (nSPS) is 19.4. The average molecular weight is 357 g/mol. The lowest BCUT2D eigenvalue weighted by Gasteiger charge is -2.19. The van der Waals surface area contributed by atoms with Crippen molar-refractivity contribution in [2.45, 2.75) is 89.1 Å². The first-order valence-corrected chi connectivity index (χ1v) is 10.2. The van der Waals surface area contributed by atoms with Crippen LogP contribution in [0.1, 0.15) is 75.3 Å². The molecule has 0 saturated heterocycles. The molecule has 3 rings (SSSR count). The summed E-state index contributed by atoms with van der Waals surface area (Å²) >= 11 is 0. The van der Waals surface area contributed by atoms with E-state index in [0.29, 0.717) is 12.5 Å². The van der Waals surface area contributed by atoms with Gasteiger partial charge in [0, 0.05) is 24.4 Å². The van der Waals surface area contributed by atoms with Gasteiger partial charge in [-0.15, -0.1) is 0 Å². The van der Waals surface area contributed by atoms with Crippen molar-refractivity contribution in [2.75, 3.05) is 0 Å². The first-order valence-electron chi connectivity index (χ1n) is 10.2. The van der Waals surface area contributed by atoms with Crippen LogP contribution in [-0.2, 0) is 16.0 Å². The van der Waals surface area contributed by atoms with Crippen LogP contribution in [0, 0.1) is 6.92 Å². The molecule has 0 radical (unpaired) electrons. The maximum Gasteiger partial charge on any atom is 0.220 e. The van der Waals surface area contributed by atoms with Gasteiger partial charge in [-0.3, -0.25) is 9.59 Å². The molecule has 0 heterocycles. The van der Waals surface area contributed by atoms with Gasteiger partial charge in [0.25, 0.3) is 0 Å². The lowest BCUT2D eigenvalue weighted by molar-refractivity contribution is -0.127. The van der Waals surface area contributed by atoms with Crippen molar-refractivity contribution < 1.29 is 9.59 Å². The molecule has 1 aromatic rings. The summed E-state index contributed by atoms with van der Waals surface area (Å²) in [6.07, 6.45) is 10.6. The van der Waals surface area contributed by atoms with E-state index in [1.165, 1.54) is 36.8 Å². The third kappa shape index (κ3) is 5.58. The number of carbonyl (C=O) groups is 2. The monoisotopic (exact) mass is 356 g/mol. The van der Waals surface area contributed by atoms with E-state index < -0.39 is 0 Å². The maximum atomic E-state index is 12.3.